The van der Waals surface area contributed by atoms with Crippen molar-refractivity contribution in [2.45, 2.75) is 18.9 Å². The first-order valence-electron chi connectivity index (χ1n) is 8.08. The van der Waals surface area contributed by atoms with Crippen LogP contribution in [0.3, 0.4) is 0 Å². The molecule has 1 unspecified atom stereocenters. The highest BCUT2D eigenvalue weighted by atomic mass is 32.2. The molecule has 0 fully saturated rings. The lowest BCUT2D eigenvalue weighted by molar-refractivity contribution is -0.148. The maximum atomic E-state index is 11.1. The summed E-state index contributed by atoms with van der Waals surface area (Å²) < 4.78 is 37.4. The van der Waals surface area contributed by atoms with Gasteiger partial charge >= 0.3 is 16.1 Å². The molecule has 0 aliphatic heterocycles. The van der Waals surface area contributed by atoms with Gasteiger partial charge < -0.3 is 18.8 Å². The molecule has 0 saturated carbocycles. The van der Waals surface area contributed by atoms with Crippen LogP contribution in [0.2, 0.25) is 0 Å². The Bertz CT molecular complexity index is 848. The minimum atomic E-state index is -3.53. The molecule has 27 heavy (non-hydrogen) atoms. The average molecular weight is 395 g/mol. The number of ether oxygens (including phenoxy) is 2. The number of carboxylic acid groups (broad SMARTS) is 1. The number of rotatable bonds is 10. The van der Waals surface area contributed by atoms with Gasteiger partial charge in [0.2, 0.25) is 5.88 Å². The molecule has 1 N–H and O–H groups in total. The Morgan fingerprint density at radius 2 is 1.81 bits per heavy atom. The van der Waals surface area contributed by atoms with Crippen molar-refractivity contribution in [2.24, 2.45) is 0 Å². The normalized spacial score (nSPS) is 12.4. The van der Waals surface area contributed by atoms with Crippen LogP contribution in [0, 0.1) is 0 Å². The fraction of sp³-hybridized carbons (Fsp3) is 0.333. The SMILES string of the molecule is COC(Cc1ccc(OCCc2ccc(OS(C)(=O)=O)cc2)nc1)C(=O)O. The van der Waals surface area contributed by atoms with Gasteiger partial charge in [0, 0.05) is 32.2 Å². The van der Waals surface area contributed by atoms with Crippen molar-refractivity contribution in [3.05, 3.63) is 53.7 Å². The van der Waals surface area contributed by atoms with E-state index in [0.29, 0.717) is 18.9 Å². The number of carbonyl (C=O) groups is 1. The number of carboxylic acids is 1. The molecule has 0 bridgehead atoms. The number of hydrogen-bond acceptors (Lipinski definition) is 7. The number of benzene rings is 1. The van der Waals surface area contributed by atoms with Crippen LogP contribution in [0.5, 0.6) is 11.6 Å². The van der Waals surface area contributed by atoms with Crippen LogP contribution in [0.4, 0.5) is 0 Å². The first-order chi connectivity index (χ1) is 12.8. The standard InChI is InChI=1S/C18H21NO7S/c1-24-16(18(20)21)11-14-5-8-17(19-12-14)25-10-9-13-3-6-15(7-4-13)26-27(2,22)23/h3-8,12,16H,9-11H2,1-2H3,(H,20,21). The molecule has 0 spiro atoms. The lowest BCUT2D eigenvalue weighted by Gasteiger charge is -2.10. The van der Waals surface area contributed by atoms with Crippen molar-refractivity contribution >= 4 is 16.1 Å². The molecule has 0 aliphatic carbocycles. The summed E-state index contributed by atoms with van der Waals surface area (Å²) in [4.78, 5) is 15.1. The van der Waals surface area contributed by atoms with E-state index in [1.165, 1.54) is 7.11 Å². The third-order valence-corrected chi connectivity index (χ3v) is 4.09. The van der Waals surface area contributed by atoms with Crippen LogP contribution in [-0.2, 0) is 32.5 Å². The fourth-order valence-corrected chi connectivity index (χ4v) is 2.72. The highest BCUT2D eigenvalue weighted by Crippen LogP contribution is 2.15. The van der Waals surface area contributed by atoms with Gasteiger partial charge in [-0.05, 0) is 23.3 Å². The number of methoxy groups -OCH3 is 1. The Morgan fingerprint density at radius 3 is 2.33 bits per heavy atom. The maximum absolute atomic E-state index is 11.1. The van der Waals surface area contributed by atoms with Gasteiger partial charge in [-0.1, -0.05) is 18.2 Å². The van der Waals surface area contributed by atoms with Crippen LogP contribution >= 0.6 is 0 Å². The second-order valence-electron chi connectivity index (χ2n) is 5.80. The van der Waals surface area contributed by atoms with Gasteiger partial charge in [-0.2, -0.15) is 8.42 Å². The number of nitrogens with zero attached hydrogens (tertiary/aromatic N) is 1. The van der Waals surface area contributed by atoms with E-state index in [4.69, 9.17) is 18.8 Å². The molecule has 0 amide bonds. The van der Waals surface area contributed by atoms with E-state index in [2.05, 4.69) is 4.98 Å². The quantitative estimate of drug-likeness (QED) is 0.605. The van der Waals surface area contributed by atoms with Crippen LogP contribution in [0.1, 0.15) is 11.1 Å². The molecule has 146 valence electrons. The van der Waals surface area contributed by atoms with Gasteiger partial charge in [0.15, 0.2) is 6.10 Å². The summed E-state index contributed by atoms with van der Waals surface area (Å²) in [5.41, 5.74) is 1.69. The van der Waals surface area contributed by atoms with E-state index in [9.17, 15) is 13.2 Å². The summed E-state index contributed by atoms with van der Waals surface area (Å²) in [6, 6.07) is 10.1. The van der Waals surface area contributed by atoms with E-state index in [0.717, 1.165) is 17.4 Å². The highest BCUT2D eigenvalue weighted by molar-refractivity contribution is 7.86. The third kappa shape index (κ3) is 7.24. The number of hydrogen-bond donors (Lipinski definition) is 1. The molecular weight excluding hydrogens is 374 g/mol. The minimum Gasteiger partial charge on any atom is -0.479 e. The van der Waals surface area contributed by atoms with E-state index < -0.39 is 22.2 Å². The van der Waals surface area contributed by atoms with Gasteiger partial charge in [-0.15, -0.1) is 0 Å². The Labute approximate surface area is 157 Å². The minimum absolute atomic E-state index is 0.223. The summed E-state index contributed by atoms with van der Waals surface area (Å²) in [7, 11) is -2.18. The predicted molar refractivity (Wildman–Crippen MR) is 97.5 cm³/mol. The van der Waals surface area contributed by atoms with Gasteiger partial charge in [-0.3, -0.25) is 0 Å². The van der Waals surface area contributed by atoms with Gasteiger partial charge in [0.05, 0.1) is 12.9 Å². The Balaban J connectivity index is 1.82. The predicted octanol–water partition coefficient (Wildman–Crippen LogP) is 1.68. The first kappa shape index (κ1) is 20.7. The molecule has 0 saturated heterocycles. The summed E-state index contributed by atoms with van der Waals surface area (Å²) in [5.74, 6) is -0.332. The molecule has 2 aromatic rings. The second kappa shape index (κ2) is 9.33. The van der Waals surface area contributed by atoms with E-state index in [1.807, 2.05) is 0 Å². The van der Waals surface area contributed by atoms with Gasteiger partial charge in [0.1, 0.15) is 5.75 Å². The second-order valence-corrected chi connectivity index (χ2v) is 7.38. The van der Waals surface area contributed by atoms with Crippen molar-refractivity contribution in [2.75, 3.05) is 20.0 Å². The number of pyridine rings is 1. The molecule has 1 heterocycles. The van der Waals surface area contributed by atoms with E-state index >= 15 is 0 Å². The number of aliphatic carboxylic acids is 1. The zero-order valence-corrected chi connectivity index (χ0v) is 15.8. The third-order valence-electron chi connectivity index (χ3n) is 3.59. The summed E-state index contributed by atoms with van der Waals surface area (Å²) in [5, 5.41) is 8.98. The smallest absolute Gasteiger partial charge is 0.333 e. The van der Waals surface area contributed by atoms with E-state index in [-0.39, 0.29) is 12.2 Å². The Hall–Kier alpha value is -2.65. The van der Waals surface area contributed by atoms with Gasteiger partial charge in [0.25, 0.3) is 0 Å². The highest BCUT2D eigenvalue weighted by Gasteiger charge is 2.16. The Morgan fingerprint density at radius 1 is 1.15 bits per heavy atom. The zero-order chi connectivity index (χ0) is 19.9. The summed E-state index contributed by atoms with van der Waals surface area (Å²) in [6.07, 6.45) is 2.47. The Kier molecular flexibility index (Phi) is 7.14. The molecule has 0 radical (unpaired) electrons. The van der Waals surface area contributed by atoms with Crippen LogP contribution in [-0.4, -0.2) is 50.6 Å². The average Bonchev–Trinajstić information content (AvgIpc) is 2.61. The van der Waals surface area contributed by atoms with Gasteiger partial charge in [-0.25, -0.2) is 9.78 Å². The van der Waals surface area contributed by atoms with Crippen molar-refractivity contribution in [1.29, 1.82) is 0 Å². The largest absolute Gasteiger partial charge is 0.479 e. The summed E-state index contributed by atoms with van der Waals surface area (Å²) in [6.45, 7) is 0.383. The van der Waals surface area contributed by atoms with Crippen LogP contribution in [0.15, 0.2) is 42.6 Å². The lowest BCUT2D eigenvalue weighted by atomic mass is 10.1. The molecule has 0 aliphatic rings. The van der Waals surface area contributed by atoms with Crippen molar-refractivity contribution < 1.29 is 32.0 Å². The van der Waals surface area contributed by atoms with Crippen LogP contribution in [0.25, 0.3) is 0 Å². The molecule has 1 atom stereocenters. The fourth-order valence-electron chi connectivity index (χ4n) is 2.26. The van der Waals surface area contributed by atoms with E-state index in [1.54, 1.807) is 42.6 Å². The number of aromatic nitrogens is 1. The molecule has 1 aromatic heterocycles. The molecule has 1 aromatic carbocycles. The monoisotopic (exact) mass is 395 g/mol. The van der Waals surface area contributed by atoms with Crippen molar-refractivity contribution in [3.63, 3.8) is 0 Å². The maximum Gasteiger partial charge on any atom is 0.333 e. The first-order valence-corrected chi connectivity index (χ1v) is 9.90. The van der Waals surface area contributed by atoms with Crippen LogP contribution < -0.4 is 8.92 Å². The summed E-state index contributed by atoms with van der Waals surface area (Å²) >= 11 is 0. The lowest BCUT2D eigenvalue weighted by Crippen LogP contribution is -2.24. The molecule has 2 rings (SSSR count). The molecule has 8 nitrogen and oxygen atoms in total. The molecule has 9 heteroatoms. The molecular formula is C18H21NO7S. The zero-order valence-electron chi connectivity index (χ0n) is 15.0. The topological polar surface area (TPSA) is 112 Å². The van der Waals surface area contributed by atoms with Crippen molar-refractivity contribution in [3.8, 4) is 11.6 Å². The van der Waals surface area contributed by atoms with Crippen molar-refractivity contribution in [1.82, 2.24) is 4.98 Å².